The van der Waals surface area contributed by atoms with E-state index in [0.717, 1.165) is 38.3 Å². The highest BCUT2D eigenvalue weighted by atomic mass is 32.2. The van der Waals surface area contributed by atoms with Crippen molar-refractivity contribution in [2.75, 3.05) is 25.9 Å². The Morgan fingerprint density at radius 3 is 2.28 bits per heavy atom. The molecule has 0 radical (unpaired) electrons. The Balaban J connectivity index is 0.000000451. The second-order valence-electron chi connectivity index (χ2n) is 7.73. The van der Waals surface area contributed by atoms with Gasteiger partial charge in [-0.05, 0) is 45.0 Å². The predicted molar refractivity (Wildman–Crippen MR) is 106 cm³/mol. The van der Waals surface area contributed by atoms with Gasteiger partial charge in [0.15, 0.2) is 9.84 Å². The number of piperidine rings is 1. The van der Waals surface area contributed by atoms with Crippen molar-refractivity contribution in [3.05, 3.63) is 29.6 Å². The Morgan fingerprint density at radius 2 is 1.81 bits per heavy atom. The van der Waals surface area contributed by atoms with Gasteiger partial charge in [0, 0.05) is 30.4 Å². The first-order chi connectivity index (χ1) is 14.7. The number of carboxylic acid groups (broad SMARTS) is 1. The van der Waals surface area contributed by atoms with Gasteiger partial charge in [-0.25, -0.2) is 22.4 Å². The van der Waals surface area contributed by atoms with E-state index in [9.17, 15) is 30.8 Å². The van der Waals surface area contributed by atoms with E-state index in [4.69, 9.17) is 9.90 Å². The zero-order valence-corrected chi connectivity index (χ0v) is 18.3. The third-order valence-electron chi connectivity index (χ3n) is 5.21. The maximum atomic E-state index is 14.3. The van der Waals surface area contributed by atoms with Crippen molar-refractivity contribution in [2.45, 2.75) is 49.5 Å². The fraction of sp³-hybridized carbons (Fsp3) is 0.579. The second kappa shape index (κ2) is 10.0. The van der Waals surface area contributed by atoms with Crippen LogP contribution in [0.1, 0.15) is 25.3 Å². The summed E-state index contributed by atoms with van der Waals surface area (Å²) in [6.07, 6.45) is -2.17. The van der Waals surface area contributed by atoms with Crippen molar-refractivity contribution >= 4 is 21.8 Å². The van der Waals surface area contributed by atoms with Gasteiger partial charge in [0.25, 0.3) is 0 Å². The van der Waals surface area contributed by atoms with E-state index < -0.39 is 27.8 Å². The van der Waals surface area contributed by atoms with Crippen LogP contribution in [0.5, 0.6) is 0 Å². The molecule has 2 heterocycles. The molecule has 1 atom stereocenters. The fourth-order valence-corrected chi connectivity index (χ4v) is 4.30. The lowest BCUT2D eigenvalue weighted by Crippen LogP contribution is -2.47. The molecule has 0 aromatic heterocycles. The minimum Gasteiger partial charge on any atom is -0.475 e. The van der Waals surface area contributed by atoms with Crippen LogP contribution in [0.3, 0.4) is 0 Å². The number of halogens is 4. The number of aliphatic carboxylic acids is 1. The maximum Gasteiger partial charge on any atom is 0.490 e. The predicted octanol–water partition coefficient (Wildman–Crippen LogP) is 2.24. The molecule has 0 saturated carbocycles. The highest BCUT2D eigenvalue weighted by Crippen LogP contribution is 2.26. The van der Waals surface area contributed by atoms with Crippen molar-refractivity contribution in [3.8, 4) is 0 Å². The van der Waals surface area contributed by atoms with Crippen LogP contribution in [0.2, 0.25) is 0 Å². The number of carbonyl (C=O) groups excluding carboxylic acids is 1. The van der Waals surface area contributed by atoms with E-state index >= 15 is 0 Å². The summed E-state index contributed by atoms with van der Waals surface area (Å²) in [7, 11) is -3.45. The number of hydrogen-bond donors (Lipinski definition) is 2. The number of sulfone groups is 1. The first-order valence-electron chi connectivity index (χ1n) is 9.78. The minimum atomic E-state index is -5.08. The summed E-state index contributed by atoms with van der Waals surface area (Å²) in [4.78, 5) is 25.2. The average Bonchev–Trinajstić information content (AvgIpc) is 2.96. The normalized spacial score (nSPS) is 20.2. The van der Waals surface area contributed by atoms with Crippen LogP contribution >= 0.6 is 0 Å². The van der Waals surface area contributed by atoms with Gasteiger partial charge in [-0.15, -0.1) is 0 Å². The summed E-state index contributed by atoms with van der Waals surface area (Å²) in [5, 5.41) is 10.4. The summed E-state index contributed by atoms with van der Waals surface area (Å²) in [5.41, 5.74) is 0.333. The molecular weight excluding hydrogens is 458 g/mol. The standard InChI is InChI=1S/C17H24FN3O3S.C2HF3O2/c1-12-10-20(17(22)21(12)14-5-7-19-8-6-14)11-13-3-4-15(9-16(13)18)25(2,23)24;3-2(4,5)1(6)7/h3-4,9,12,14,19H,5-8,10-11H2,1-2H3;(H,6,7). The topological polar surface area (TPSA) is 107 Å². The van der Waals surface area contributed by atoms with Gasteiger partial charge in [0.1, 0.15) is 5.82 Å². The molecule has 32 heavy (non-hydrogen) atoms. The van der Waals surface area contributed by atoms with Gasteiger partial charge in [-0.3, -0.25) is 0 Å². The number of urea groups is 1. The van der Waals surface area contributed by atoms with Gasteiger partial charge in [0.05, 0.1) is 11.4 Å². The molecule has 0 aliphatic carbocycles. The van der Waals surface area contributed by atoms with Gasteiger partial charge in [-0.1, -0.05) is 6.07 Å². The Labute approximate surface area is 183 Å². The Bertz CT molecular complexity index is 949. The Morgan fingerprint density at radius 1 is 1.25 bits per heavy atom. The van der Waals surface area contributed by atoms with E-state index in [-0.39, 0.29) is 29.6 Å². The van der Waals surface area contributed by atoms with Crippen molar-refractivity contribution in [3.63, 3.8) is 0 Å². The van der Waals surface area contributed by atoms with Crippen molar-refractivity contribution < 1.29 is 40.7 Å². The molecule has 2 saturated heterocycles. The van der Waals surface area contributed by atoms with Gasteiger partial charge in [0.2, 0.25) is 0 Å². The number of benzene rings is 1. The lowest BCUT2D eigenvalue weighted by atomic mass is 10.0. The first kappa shape index (κ1) is 25.8. The third-order valence-corrected chi connectivity index (χ3v) is 6.32. The lowest BCUT2D eigenvalue weighted by molar-refractivity contribution is -0.192. The van der Waals surface area contributed by atoms with Crippen molar-refractivity contribution in [1.82, 2.24) is 15.1 Å². The molecule has 13 heteroatoms. The molecule has 1 unspecified atom stereocenters. The average molecular weight is 483 g/mol. The number of nitrogens with one attached hydrogen (secondary N) is 1. The largest absolute Gasteiger partial charge is 0.490 e. The molecule has 2 aliphatic rings. The van der Waals surface area contributed by atoms with Crippen LogP contribution < -0.4 is 5.32 Å². The molecule has 2 fully saturated rings. The fourth-order valence-electron chi connectivity index (χ4n) is 3.66. The number of nitrogens with zero attached hydrogens (tertiary/aromatic N) is 2. The summed E-state index contributed by atoms with van der Waals surface area (Å²) in [5.74, 6) is -3.35. The molecule has 1 aromatic carbocycles. The SMILES string of the molecule is CC1CN(Cc2ccc(S(C)(=O)=O)cc2F)C(=O)N1C1CCNCC1.O=C(O)C(F)(F)F. The summed E-state index contributed by atoms with van der Waals surface area (Å²) in [6, 6.07) is 4.13. The number of rotatable bonds is 4. The van der Waals surface area contributed by atoms with Crippen LogP contribution in [-0.4, -0.2) is 79.5 Å². The quantitative estimate of drug-likeness (QED) is 0.637. The number of hydrogen-bond acceptors (Lipinski definition) is 5. The number of carboxylic acids is 1. The number of carbonyl (C=O) groups is 2. The minimum absolute atomic E-state index is 0.0498. The molecule has 180 valence electrons. The van der Waals surface area contributed by atoms with E-state index in [0.29, 0.717) is 12.1 Å². The first-order valence-corrected chi connectivity index (χ1v) is 11.7. The number of amides is 2. The van der Waals surface area contributed by atoms with E-state index in [1.807, 2.05) is 11.8 Å². The molecule has 1 aromatic rings. The molecule has 3 rings (SSSR count). The molecule has 0 bridgehead atoms. The lowest BCUT2D eigenvalue weighted by Gasteiger charge is -2.33. The van der Waals surface area contributed by atoms with Gasteiger partial charge in [-0.2, -0.15) is 13.2 Å². The van der Waals surface area contributed by atoms with Crippen LogP contribution in [0.25, 0.3) is 0 Å². The Hall–Kier alpha value is -2.41. The van der Waals surface area contributed by atoms with Crippen LogP contribution in [-0.2, 0) is 21.2 Å². The van der Waals surface area contributed by atoms with E-state index in [1.165, 1.54) is 12.1 Å². The highest BCUT2D eigenvalue weighted by Gasteiger charge is 2.39. The monoisotopic (exact) mass is 483 g/mol. The van der Waals surface area contributed by atoms with Crippen LogP contribution in [0, 0.1) is 5.82 Å². The second-order valence-corrected chi connectivity index (χ2v) is 9.74. The molecule has 0 spiro atoms. The molecule has 2 amide bonds. The van der Waals surface area contributed by atoms with Crippen molar-refractivity contribution in [1.29, 1.82) is 0 Å². The van der Waals surface area contributed by atoms with Gasteiger partial charge < -0.3 is 20.2 Å². The van der Waals surface area contributed by atoms with E-state index in [1.54, 1.807) is 4.90 Å². The van der Waals surface area contributed by atoms with Crippen LogP contribution in [0.15, 0.2) is 23.1 Å². The third kappa shape index (κ3) is 6.55. The van der Waals surface area contributed by atoms with E-state index in [2.05, 4.69) is 5.32 Å². The summed E-state index contributed by atoms with van der Waals surface area (Å²) in [6.45, 7) is 4.53. The van der Waals surface area contributed by atoms with Gasteiger partial charge >= 0.3 is 18.2 Å². The smallest absolute Gasteiger partial charge is 0.475 e. The highest BCUT2D eigenvalue weighted by molar-refractivity contribution is 7.90. The number of alkyl halides is 3. The zero-order chi connectivity index (χ0) is 24.3. The summed E-state index contributed by atoms with van der Waals surface area (Å²) < 4.78 is 69.0. The molecular formula is C19H25F4N3O5S. The summed E-state index contributed by atoms with van der Waals surface area (Å²) >= 11 is 0. The van der Waals surface area contributed by atoms with Crippen LogP contribution in [0.4, 0.5) is 22.4 Å². The molecule has 2 N–H and O–H groups in total. The molecule has 2 aliphatic heterocycles. The van der Waals surface area contributed by atoms with Crippen molar-refractivity contribution in [2.24, 2.45) is 0 Å². The molecule has 8 nitrogen and oxygen atoms in total. The zero-order valence-electron chi connectivity index (χ0n) is 17.5. The maximum absolute atomic E-state index is 14.3. The Kier molecular flexibility index (Phi) is 8.10.